The van der Waals surface area contributed by atoms with Gasteiger partial charge in [0.1, 0.15) is 19.3 Å². The minimum atomic E-state index is -0.405. The highest BCUT2D eigenvalue weighted by molar-refractivity contribution is 8.14. The van der Waals surface area contributed by atoms with Crippen molar-refractivity contribution in [1.29, 1.82) is 0 Å². The van der Waals surface area contributed by atoms with Gasteiger partial charge >= 0.3 is 6.09 Å². The lowest BCUT2D eigenvalue weighted by atomic mass is 10.0. The number of aromatic nitrogens is 1. The zero-order valence-electron chi connectivity index (χ0n) is 26.8. The predicted octanol–water partition coefficient (Wildman–Crippen LogP) is 5.80. The van der Waals surface area contributed by atoms with Crippen molar-refractivity contribution in [2.45, 2.75) is 153 Å². The van der Waals surface area contributed by atoms with E-state index in [2.05, 4.69) is 39.2 Å². The van der Waals surface area contributed by atoms with Crippen molar-refractivity contribution in [2.24, 2.45) is 0 Å². The van der Waals surface area contributed by atoms with E-state index in [1.54, 1.807) is 11.3 Å². The Balaban J connectivity index is 0.00000924. The number of carbonyl (C=O) groups excluding carboxylic acids is 2. The van der Waals surface area contributed by atoms with E-state index < -0.39 is 6.09 Å². The quantitative estimate of drug-likeness (QED) is 0.0994. The number of thiazole rings is 1. The number of thioether (sulfide) groups is 1. The number of alkyl carbamates (subject to hydrolysis) is 1. The van der Waals surface area contributed by atoms with Crippen LogP contribution in [-0.4, -0.2) is 49.0 Å². The van der Waals surface area contributed by atoms with Crippen LogP contribution in [-0.2, 0) is 16.0 Å². The first-order chi connectivity index (χ1) is 20.7. The van der Waals surface area contributed by atoms with Gasteiger partial charge < -0.3 is 37.1 Å². The number of halogens is 1. The highest BCUT2D eigenvalue weighted by atomic mass is 79.9. The molecule has 250 valence electrons. The van der Waals surface area contributed by atoms with Gasteiger partial charge in [-0.3, -0.25) is 4.79 Å². The van der Waals surface area contributed by atoms with Crippen molar-refractivity contribution in [2.75, 3.05) is 26.3 Å². The lowest BCUT2D eigenvalue weighted by molar-refractivity contribution is -0.692. The number of carbonyl (C=O) groups is 2. The average molecular weight is 707 g/mol. The fourth-order valence-corrected chi connectivity index (χ4v) is 7.04. The summed E-state index contributed by atoms with van der Waals surface area (Å²) in [7, 11) is 0. The Bertz CT molecular complexity index is 788. The van der Waals surface area contributed by atoms with E-state index in [4.69, 9.17) is 9.47 Å². The maximum absolute atomic E-state index is 12.5. The zero-order valence-corrected chi connectivity index (χ0v) is 30.1. The molecule has 2 N–H and O–H groups in total. The molecular weight excluding hydrogens is 646 g/mol. The molecule has 1 saturated heterocycles. The highest BCUT2D eigenvalue weighted by Gasteiger charge is 2.30. The van der Waals surface area contributed by atoms with E-state index in [0.29, 0.717) is 13.2 Å². The van der Waals surface area contributed by atoms with Crippen LogP contribution in [0.2, 0.25) is 0 Å². The average Bonchev–Trinajstić information content (AvgIpc) is 3.52. The number of nitrogens with zero attached hydrogens (tertiary/aromatic N) is 1. The molecule has 0 spiro atoms. The van der Waals surface area contributed by atoms with Gasteiger partial charge in [0, 0.05) is 31.4 Å². The van der Waals surface area contributed by atoms with Crippen LogP contribution in [0.3, 0.4) is 0 Å². The van der Waals surface area contributed by atoms with Gasteiger partial charge in [-0.1, -0.05) is 120 Å². The van der Waals surface area contributed by atoms with Crippen LogP contribution in [0.25, 0.3) is 0 Å². The first-order valence-electron chi connectivity index (χ1n) is 17.1. The summed E-state index contributed by atoms with van der Waals surface area (Å²) < 4.78 is 13.5. The van der Waals surface area contributed by atoms with Crippen molar-refractivity contribution in [3.8, 4) is 0 Å². The maximum Gasteiger partial charge on any atom is 0.407 e. The second-order valence-corrected chi connectivity index (χ2v) is 13.7. The van der Waals surface area contributed by atoms with E-state index in [-0.39, 0.29) is 40.2 Å². The molecular formula is C33H60BrN3O4S2. The second kappa shape index (κ2) is 28.6. The minimum absolute atomic E-state index is 0. The summed E-state index contributed by atoms with van der Waals surface area (Å²) >= 11 is 3.00. The molecule has 0 radical (unpaired) electrons. The molecule has 7 nitrogen and oxygen atoms in total. The van der Waals surface area contributed by atoms with Crippen LogP contribution in [0.5, 0.6) is 0 Å². The second-order valence-electron chi connectivity index (χ2n) is 11.7. The first kappa shape index (κ1) is 40.2. The van der Waals surface area contributed by atoms with Crippen molar-refractivity contribution >= 4 is 34.4 Å². The van der Waals surface area contributed by atoms with Gasteiger partial charge in [-0.05, 0) is 32.1 Å². The Labute approximate surface area is 281 Å². The van der Waals surface area contributed by atoms with Crippen LogP contribution < -0.4 is 32.2 Å². The molecule has 0 aromatic carbocycles. The molecule has 0 saturated carbocycles. The molecule has 2 amide bonds. The number of aryl methyl sites for hydroxylation is 1. The standard InChI is InChI=1S/C33H59N3O4S2.BrH/c1-2-3-4-5-6-7-8-9-10-11-12-13-14-15-17-23-35-33(38)42-31-21-20-26-39-30(31)28-40-32(37)34-22-18-16-19-24-36-25-27-41-29-36;/h25,27,29-31H,2-24,26,28H2,1H3,(H-,34,35,37,38);1H/t30-,31-;/m0./s1. The molecule has 1 fully saturated rings. The van der Waals surface area contributed by atoms with Gasteiger partial charge in [-0.2, -0.15) is 4.57 Å². The molecule has 10 heteroatoms. The Kier molecular flexibility index (Phi) is 26.7. The molecule has 1 aliphatic rings. The normalized spacial score (nSPS) is 16.4. The third-order valence-corrected chi connectivity index (χ3v) is 9.83. The summed E-state index contributed by atoms with van der Waals surface area (Å²) in [6.07, 6.45) is 26.5. The fourth-order valence-electron chi connectivity index (χ4n) is 5.35. The van der Waals surface area contributed by atoms with Crippen LogP contribution in [0, 0.1) is 0 Å². The molecule has 0 bridgehead atoms. The van der Waals surface area contributed by atoms with Crippen LogP contribution in [0.4, 0.5) is 9.59 Å². The molecule has 0 unspecified atom stereocenters. The number of ether oxygens (including phenoxy) is 2. The Hall–Kier alpha value is -0.840. The number of amides is 2. The van der Waals surface area contributed by atoms with Gasteiger partial charge in [0.25, 0.3) is 5.24 Å². The maximum atomic E-state index is 12.5. The van der Waals surface area contributed by atoms with E-state index in [1.165, 1.54) is 102 Å². The summed E-state index contributed by atoms with van der Waals surface area (Å²) in [5.41, 5.74) is 2.11. The number of rotatable bonds is 25. The van der Waals surface area contributed by atoms with Crippen molar-refractivity contribution < 1.29 is 40.6 Å². The summed E-state index contributed by atoms with van der Waals surface area (Å²) in [4.78, 5) is 24.7. The van der Waals surface area contributed by atoms with Crippen LogP contribution >= 0.6 is 23.1 Å². The van der Waals surface area contributed by atoms with Gasteiger partial charge in [-0.25, -0.2) is 4.79 Å². The fraction of sp³-hybridized carbons (Fsp3) is 0.848. The molecule has 0 aliphatic carbocycles. The lowest BCUT2D eigenvalue weighted by Gasteiger charge is -2.30. The largest absolute Gasteiger partial charge is 1.00 e. The summed E-state index contributed by atoms with van der Waals surface area (Å²) in [6.45, 7) is 5.46. The topological polar surface area (TPSA) is 80.5 Å². The Morgan fingerprint density at radius 1 is 0.860 bits per heavy atom. The third-order valence-electron chi connectivity index (χ3n) is 7.96. The Morgan fingerprint density at radius 3 is 2.05 bits per heavy atom. The SMILES string of the molecule is CCCCCCCCCCCCCCCCCNC(=O)S[C@H]1CCCO[C@H]1COC(=O)NCCCCC[n+]1ccsc1.[Br-]. The number of unbranched alkanes of at least 4 members (excludes halogenated alkanes) is 16. The predicted molar refractivity (Wildman–Crippen MR) is 176 cm³/mol. The van der Waals surface area contributed by atoms with Crippen LogP contribution in [0.15, 0.2) is 17.1 Å². The van der Waals surface area contributed by atoms with E-state index in [9.17, 15) is 9.59 Å². The highest BCUT2D eigenvalue weighted by Crippen LogP contribution is 2.27. The third kappa shape index (κ3) is 22.3. The van der Waals surface area contributed by atoms with E-state index in [1.807, 2.05) is 0 Å². The van der Waals surface area contributed by atoms with E-state index >= 15 is 0 Å². The monoisotopic (exact) mass is 705 g/mol. The Morgan fingerprint density at radius 2 is 1.44 bits per heavy atom. The van der Waals surface area contributed by atoms with Crippen molar-refractivity contribution in [3.63, 3.8) is 0 Å². The smallest absolute Gasteiger partial charge is 0.407 e. The van der Waals surface area contributed by atoms with Gasteiger partial charge in [-0.15, -0.1) is 0 Å². The van der Waals surface area contributed by atoms with Gasteiger partial charge in [0.15, 0.2) is 6.20 Å². The molecule has 2 atom stereocenters. The molecule has 2 heterocycles. The molecule has 1 aliphatic heterocycles. The van der Waals surface area contributed by atoms with E-state index in [0.717, 1.165) is 51.6 Å². The molecule has 1 aromatic rings. The van der Waals surface area contributed by atoms with Gasteiger partial charge in [0.05, 0.1) is 5.38 Å². The number of nitrogens with one attached hydrogen (secondary N) is 2. The molecule has 2 rings (SSSR count). The zero-order chi connectivity index (χ0) is 29.9. The number of hydrogen-bond acceptors (Lipinski definition) is 6. The molecule has 43 heavy (non-hydrogen) atoms. The lowest BCUT2D eigenvalue weighted by Crippen LogP contribution is -3.00. The first-order valence-corrected chi connectivity index (χ1v) is 18.9. The van der Waals surface area contributed by atoms with Gasteiger partial charge in [0.2, 0.25) is 5.51 Å². The number of hydrogen-bond donors (Lipinski definition) is 2. The summed E-state index contributed by atoms with van der Waals surface area (Å²) in [6, 6.07) is 0. The minimum Gasteiger partial charge on any atom is -1.00 e. The van der Waals surface area contributed by atoms with Crippen LogP contribution in [0.1, 0.15) is 135 Å². The summed E-state index contributed by atoms with van der Waals surface area (Å²) in [5, 5.41) is 8.00. The molecule has 1 aromatic heterocycles. The van der Waals surface area contributed by atoms with Crippen molar-refractivity contribution in [1.82, 2.24) is 10.6 Å². The summed E-state index contributed by atoms with van der Waals surface area (Å²) in [5.74, 6) is 0. The van der Waals surface area contributed by atoms with Crippen molar-refractivity contribution in [3.05, 3.63) is 17.1 Å².